The van der Waals surface area contributed by atoms with Crippen LogP contribution in [0.2, 0.25) is 0 Å². The minimum absolute atomic E-state index is 0.304. The Bertz CT molecular complexity index is 168. The Hall–Kier alpha value is -0.610. The van der Waals surface area contributed by atoms with E-state index < -0.39 is 5.54 Å². The van der Waals surface area contributed by atoms with Gasteiger partial charge in [-0.1, -0.05) is 13.8 Å². The van der Waals surface area contributed by atoms with Gasteiger partial charge in [-0.15, -0.1) is 0 Å². The molecule has 0 spiro atoms. The van der Waals surface area contributed by atoms with Crippen molar-refractivity contribution in [1.29, 1.82) is 0 Å². The van der Waals surface area contributed by atoms with Gasteiger partial charge in [0, 0.05) is 6.54 Å². The monoisotopic (exact) mass is 187 g/mol. The summed E-state index contributed by atoms with van der Waals surface area (Å²) in [4.78, 5) is 13.3. The zero-order chi connectivity index (χ0) is 10.5. The first-order valence-corrected chi connectivity index (χ1v) is 4.71. The molecule has 0 saturated heterocycles. The number of rotatable bonds is 6. The number of likely N-dealkylation sites (N-methyl/N-ethyl adjacent to an activating group) is 2. The number of hydrogen-bond donors (Lipinski definition) is 2. The second-order valence-corrected chi connectivity index (χ2v) is 3.41. The summed E-state index contributed by atoms with van der Waals surface area (Å²) < 4.78 is 0. The van der Waals surface area contributed by atoms with Crippen molar-refractivity contribution in [3.63, 3.8) is 0 Å². The van der Waals surface area contributed by atoms with Crippen LogP contribution in [0.5, 0.6) is 0 Å². The van der Waals surface area contributed by atoms with Crippen LogP contribution >= 0.6 is 0 Å². The van der Waals surface area contributed by atoms with Crippen LogP contribution in [0.1, 0.15) is 20.8 Å². The fourth-order valence-electron chi connectivity index (χ4n) is 1.17. The lowest BCUT2D eigenvalue weighted by atomic mass is 10.0. The van der Waals surface area contributed by atoms with Gasteiger partial charge in [0.05, 0.1) is 0 Å². The molecule has 1 unspecified atom stereocenters. The Labute approximate surface area is 80.5 Å². The summed E-state index contributed by atoms with van der Waals surface area (Å²) >= 11 is 0. The van der Waals surface area contributed by atoms with E-state index in [1.807, 2.05) is 6.92 Å². The summed E-state index contributed by atoms with van der Waals surface area (Å²) in [6, 6.07) is 0. The van der Waals surface area contributed by atoms with E-state index in [1.54, 1.807) is 7.05 Å². The maximum absolute atomic E-state index is 11.2. The van der Waals surface area contributed by atoms with E-state index in [2.05, 4.69) is 24.1 Å². The lowest BCUT2D eigenvalue weighted by Gasteiger charge is -2.31. The SMILES string of the molecule is CCN(CC)CC(C)(NC)C(N)=O. The predicted molar refractivity (Wildman–Crippen MR) is 54.4 cm³/mol. The quantitative estimate of drug-likeness (QED) is 0.605. The Morgan fingerprint density at radius 3 is 2.15 bits per heavy atom. The zero-order valence-corrected chi connectivity index (χ0v) is 9.05. The van der Waals surface area contributed by atoms with E-state index in [1.165, 1.54) is 0 Å². The van der Waals surface area contributed by atoms with Crippen molar-refractivity contribution in [1.82, 2.24) is 10.2 Å². The second-order valence-electron chi connectivity index (χ2n) is 3.41. The minimum Gasteiger partial charge on any atom is -0.368 e. The number of carbonyl (C=O) groups is 1. The number of hydrogen-bond acceptors (Lipinski definition) is 3. The molecule has 0 aromatic rings. The van der Waals surface area contributed by atoms with Gasteiger partial charge in [0.1, 0.15) is 5.54 Å². The van der Waals surface area contributed by atoms with Crippen LogP contribution in [0.25, 0.3) is 0 Å². The molecule has 0 radical (unpaired) electrons. The standard InChI is InChI=1S/C9H21N3O/c1-5-12(6-2)7-9(3,11-4)8(10)13/h11H,5-7H2,1-4H3,(H2,10,13). The van der Waals surface area contributed by atoms with Crippen molar-refractivity contribution in [2.45, 2.75) is 26.3 Å². The summed E-state index contributed by atoms with van der Waals surface area (Å²) in [5.74, 6) is -0.304. The van der Waals surface area contributed by atoms with Crippen LogP contribution < -0.4 is 11.1 Å². The maximum Gasteiger partial charge on any atom is 0.238 e. The van der Waals surface area contributed by atoms with Gasteiger partial charge in [0.2, 0.25) is 5.91 Å². The van der Waals surface area contributed by atoms with Crippen LogP contribution in [0.3, 0.4) is 0 Å². The number of amides is 1. The van der Waals surface area contributed by atoms with Gasteiger partial charge >= 0.3 is 0 Å². The van der Waals surface area contributed by atoms with E-state index >= 15 is 0 Å². The van der Waals surface area contributed by atoms with E-state index in [4.69, 9.17) is 5.73 Å². The van der Waals surface area contributed by atoms with Crippen molar-refractivity contribution < 1.29 is 4.79 Å². The van der Waals surface area contributed by atoms with Crippen LogP contribution in [-0.4, -0.2) is 43.0 Å². The van der Waals surface area contributed by atoms with Gasteiger partial charge in [0.25, 0.3) is 0 Å². The Morgan fingerprint density at radius 1 is 1.46 bits per heavy atom. The van der Waals surface area contributed by atoms with Crippen molar-refractivity contribution in [3.05, 3.63) is 0 Å². The average Bonchev–Trinajstić information content (AvgIpc) is 2.13. The number of nitrogens with zero attached hydrogens (tertiary/aromatic N) is 1. The number of carbonyl (C=O) groups excluding carboxylic acids is 1. The van der Waals surface area contributed by atoms with Gasteiger partial charge in [0.15, 0.2) is 0 Å². The predicted octanol–water partition coefficient (Wildman–Crippen LogP) is -0.208. The summed E-state index contributed by atoms with van der Waals surface area (Å²) in [7, 11) is 1.76. The summed E-state index contributed by atoms with van der Waals surface area (Å²) in [5.41, 5.74) is 4.69. The molecule has 0 heterocycles. The van der Waals surface area contributed by atoms with Crippen LogP contribution in [0.4, 0.5) is 0 Å². The lowest BCUT2D eigenvalue weighted by molar-refractivity contribution is -0.124. The highest BCUT2D eigenvalue weighted by molar-refractivity contribution is 5.84. The lowest BCUT2D eigenvalue weighted by Crippen LogP contribution is -2.58. The molecular weight excluding hydrogens is 166 g/mol. The third-order valence-corrected chi connectivity index (χ3v) is 2.53. The fraction of sp³-hybridized carbons (Fsp3) is 0.889. The summed E-state index contributed by atoms with van der Waals surface area (Å²) in [5, 5.41) is 2.96. The first-order chi connectivity index (χ1) is 6.00. The molecule has 4 heteroatoms. The topological polar surface area (TPSA) is 58.4 Å². The summed E-state index contributed by atoms with van der Waals surface area (Å²) in [6.45, 7) is 8.49. The van der Waals surface area contributed by atoms with Crippen molar-refractivity contribution >= 4 is 5.91 Å². The van der Waals surface area contributed by atoms with Crippen LogP contribution in [-0.2, 0) is 4.79 Å². The molecule has 3 N–H and O–H groups in total. The molecular formula is C9H21N3O. The first kappa shape index (κ1) is 12.4. The Kier molecular flexibility index (Phi) is 4.95. The van der Waals surface area contributed by atoms with Gasteiger partial charge < -0.3 is 16.0 Å². The Balaban J connectivity index is 4.33. The highest BCUT2D eigenvalue weighted by atomic mass is 16.1. The number of nitrogens with two attached hydrogens (primary N) is 1. The third kappa shape index (κ3) is 3.32. The highest BCUT2D eigenvalue weighted by Crippen LogP contribution is 2.04. The Morgan fingerprint density at radius 2 is 1.92 bits per heavy atom. The molecule has 1 atom stereocenters. The maximum atomic E-state index is 11.2. The molecule has 0 aliphatic heterocycles. The molecule has 0 bridgehead atoms. The van der Waals surface area contributed by atoms with Crippen LogP contribution in [0, 0.1) is 0 Å². The summed E-state index contributed by atoms with van der Waals surface area (Å²) in [6.07, 6.45) is 0. The fourth-order valence-corrected chi connectivity index (χ4v) is 1.17. The largest absolute Gasteiger partial charge is 0.368 e. The van der Waals surface area contributed by atoms with Crippen molar-refractivity contribution in [3.8, 4) is 0 Å². The molecule has 13 heavy (non-hydrogen) atoms. The van der Waals surface area contributed by atoms with Gasteiger partial charge in [-0.2, -0.15) is 0 Å². The van der Waals surface area contributed by atoms with E-state index in [9.17, 15) is 4.79 Å². The molecule has 1 amide bonds. The van der Waals surface area contributed by atoms with E-state index in [0.717, 1.165) is 13.1 Å². The van der Waals surface area contributed by atoms with Crippen LogP contribution in [0.15, 0.2) is 0 Å². The minimum atomic E-state index is -0.619. The number of nitrogens with one attached hydrogen (secondary N) is 1. The molecule has 0 saturated carbocycles. The molecule has 0 aliphatic carbocycles. The average molecular weight is 187 g/mol. The smallest absolute Gasteiger partial charge is 0.238 e. The molecule has 0 fully saturated rings. The van der Waals surface area contributed by atoms with Gasteiger partial charge in [-0.3, -0.25) is 4.79 Å². The molecule has 0 aliphatic rings. The van der Waals surface area contributed by atoms with Crippen molar-refractivity contribution in [2.75, 3.05) is 26.7 Å². The molecule has 0 aromatic heterocycles. The first-order valence-electron chi connectivity index (χ1n) is 4.71. The molecule has 4 nitrogen and oxygen atoms in total. The molecule has 0 rings (SSSR count). The highest BCUT2D eigenvalue weighted by Gasteiger charge is 2.30. The van der Waals surface area contributed by atoms with Gasteiger partial charge in [-0.05, 0) is 27.1 Å². The second kappa shape index (κ2) is 5.19. The molecule has 0 aromatic carbocycles. The van der Waals surface area contributed by atoms with E-state index in [0.29, 0.717) is 6.54 Å². The molecule has 78 valence electrons. The normalized spacial score (nSPS) is 15.8. The van der Waals surface area contributed by atoms with Gasteiger partial charge in [-0.25, -0.2) is 0 Å². The third-order valence-electron chi connectivity index (χ3n) is 2.53. The zero-order valence-electron chi connectivity index (χ0n) is 9.05. The number of primary amides is 1. The van der Waals surface area contributed by atoms with E-state index in [-0.39, 0.29) is 5.91 Å². The van der Waals surface area contributed by atoms with Crippen molar-refractivity contribution in [2.24, 2.45) is 5.73 Å².